The van der Waals surface area contributed by atoms with Crippen LogP contribution in [0.2, 0.25) is 10.0 Å². The summed E-state index contributed by atoms with van der Waals surface area (Å²) in [6, 6.07) is 14.1. The largest absolute Gasteiger partial charge is 0.487 e. The zero-order chi connectivity index (χ0) is 16.5. The highest BCUT2D eigenvalue weighted by Crippen LogP contribution is 2.32. The highest BCUT2D eigenvalue weighted by Gasteiger charge is 2.06. The fourth-order valence-electron chi connectivity index (χ4n) is 1.64. The number of rotatable bonds is 7. The Morgan fingerprint density at radius 2 is 1.74 bits per heavy atom. The monoisotopic (exact) mass is 352 g/mol. The lowest BCUT2D eigenvalue weighted by atomic mass is 10.3. The first-order valence-corrected chi connectivity index (χ1v) is 7.50. The van der Waals surface area contributed by atoms with Gasteiger partial charge < -0.3 is 14.9 Å². The van der Waals surface area contributed by atoms with Crippen LogP contribution in [0.15, 0.2) is 53.7 Å². The maximum atomic E-state index is 11.5. The molecule has 5 nitrogen and oxygen atoms in total. The third-order valence-electron chi connectivity index (χ3n) is 2.63. The number of hydrogen-bond acceptors (Lipinski definition) is 4. The van der Waals surface area contributed by atoms with E-state index in [1.165, 1.54) is 0 Å². The molecule has 0 aromatic heterocycles. The molecular weight excluding hydrogens is 339 g/mol. The van der Waals surface area contributed by atoms with Crippen LogP contribution < -0.4 is 10.1 Å². The van der Waals surface area contributed by atoms with Crippen LogP contribution in [-0.2, 0) is 9.63 Å². The first-order valence-electron chi connectivity index (χ1n) is 6.75. The molecule has 0 heterocycles. The molecule has 0 aliphatic heterocycles. The van der Waals surface area contributed by atoms with Crippen molar-refractivity contribution < 1.29 is 14.4 Å². The summed E-state index contributed by atoms with van der Waals surface area (Å²) in [5.74, 6) is 0.0106. The maximum Gasteiger partial charge on any atom is 0.270 e. The fraction of sp³-hybridized carbons (Fsp3) is 0.125. The molecule has 0 bridgehead atoms. The minimum atomic E-state index is -0.383. The smallest absolute Gasteiger partial charge is 0.270 e. The highest BCUT2D eigenvalue weighted by molar-refractivity contribution is 6.37. The van der Waals surface area contributed by atoms with E-state index in [0.717, 1.165) is 6.21 Å². The van der Waals surface area contributed by atoms with Crippen molar-refractivity contribution in [3.05, 3.63) is 58.6 Å². The van der Waals surface area contributed by atoms with Crippen molar-refractivity contribution in [3.8, 4) is 5.75 Å². The van der Waals surface area contributed by atoms with Gasteiger partial charge in [-0.2, -0.15) is 0 Å². The molecule has 0 spiro atoms. The molecule has 0 saturated carbocycles. The molecule has 2 aromatic carbocycles. The van der Waals surface area contributed by atoms with E-state index in [-0.39, 0.29) is 19.1 Å². The average molecular weight is 353 g/mol. The number of anilines is 1. The minimum Gasteiger partial charge on any atom is -0.487 e. The lowest BCUT2D eigenvalue weighted by Crippen LogP contribution is -2.13. The van der Waals surface area contributed by atoms with Gasteiger partial charge in [-0.25, -0.2) is 0 Å². The Balaban J connectivity index is 1.68. The second-order valence-electron chi connectivity index (χ2n) is 4.32. The molecule has 2 rings (SSSR count). The Morgan fingerprint density at radius 3 is 2.43 bits per heavy atom. The van der Waals surface area contributed by atoms with Crippen LogP contribution in [0.1, 0.15) is 0 Å². The summed E-state index contributed by atoms with van der Waals surface area (Å²) in [5, 5.41) is 7.04. The SMILES string of the molecule is O=C(/C=N/OCCOc1c(Cl)cccc1Cl)Nc1ccccc1. The number of carbonyl (C=O) groups is 1. The number of ether oxygens (including phenoxy) is 1. The van der Waals surface area contributed by atoms with Gasteiger partial charge in [0.05, 0.1) is 10.0 Å². The van der Waals surface area contributed by atoms with E-state index in [1.54, 1.807) is 30.3 Å². The van der Waals surface area contributed by atoms with Crippen LogP contribution in [-0.4, -0.2) is 25.3 Å². The third kappa shape index (κ3) is 5.81. The van der Waals surface area contributed by atoms with Gasteiger partial charge in [0, 0.05) is 5.69 Å². The molecule has 120 valence electrons. The van der Waals surface area contributed by atoms with E-state index in [1.807, 2.05) is 18.2 Å². The standard InChI is InChI=1S/C16H14Cl2N2O3/c17-13-7-4-8-14(18)16(13)22-9-10-23-19-11-15(21)20-12-5-2-1-3-6-12/h1-8,11H,9-10H2,(H,20,21)/b19-11+. The Kier molecular flexibility index (Phi) is 6.72. The number of nitrogens with zero attached hydrogens (tertiary/aromatic N) is 1. The summed E-state index contributed by atoms with van der Waals surface area (Å²) in [6.07, 6.45) is 1.05. The number of nitrogens with one attached hydrogen (secondary N) is 1. The van der Waals surface area contributed by atoms with Crippen LogP contribution in [0.5, 0.6) is 5.75 Å². The van der Waals surface area contributed by atoms with Gasteiger partial charge in [0.2, 0.25) is 0 Å². The summed E-state index contributed by atoms with van der Waals surface area (Å²) in [6.45, 7) is 0.345. The summed E-state index contributed by atoms with van der Waals surface area (Å²) < 4.78 is 5.41. The first kappa shape index (κ1) is 17.1. The number of para-hydroxylation sites is 2. The van der Waals surface area contributed by atoms with Crippen LogP contribution in [0, 0.1) is 0 Å². The van der Waals surface area contributed by atoms with Gasteiger partial charge in [0.15, 0.2) is 12.4 Å². The second-order valence-corrected chi connectivity index (χ2v) is 5.14. The Hall–Kier alpha value is -2.24. The van der Waals surface area contributed by atoms with Gasteiger partial charge in [-0.3, -0.25) is 4.79 Å². The number of carbonyl (C=O) groups excluding carboxylic acids is 1. The molecule has 0 radical (unpaired) electrons. The van der Waals surface area contributed by atoms with Gasteiger partial charge in [0.25, 0.3) is 5.91 Å². The fourth-order valence-corrected chi connectivity index (χ4v) is 2.14. The van der Waals surface area contributed by atoms with Crippen molar-refractivity contribution in [2.24, 2.45) is 5.16 Å². The van der Waals surface area contributed by atoms with Crippen LogP contribution in [0.4, 0.5) is 5.69 Å². The molecule has 1 N–H and O–H groups in total. The summed E-state index contributed by atoms with van der Waals surface area (Å²) >= 11 is 11.9. The minimum absolute atomic E-state index is 0.149. The second kappa shape index (κ2) is 9.02. The first-order chi connectivity index (χ1) is 11.2. The van der Waals surface area contributed by atoms with E-state index in [2.05, 4.69) is 10.5 Å². The number of benzene rings is 2. The molecule has 23 heavy (non-hydrogen) atoms. The molecule has 0 aliphatic carbocycles. The lowest BCUT2D eigenvalue weighted by molar-refractivity contribution is -0.110. The van der Waals surface area contributed by atoms with Gasteiger partial charge in [0.1, 0.15) is 12.8 Å². The topological polar surface area (TPSA) is 59.9 Å². The zero-order valence-corrected chi connectivity index (χ0v) is 13.6. The molecule has 0 saturated heterocycles. The molecule has 0 unspecified atom stereocenters. The lowest BCUT2D eigenvalue weighted by Gasteiger charge is -2.08. The van der Waals surface area contributed by atoms with Gasteiger partial charge in [-0.05, 0) is 24.3 Å². The predicted molar refractivity (Wildman–Crippen MR) is 91.5 cm³/mol. The van der Waals surface area contributed by atoms with E-state index in [4.69, 9.17) is 32.8 Å². The van der Waals surface area contributed by atoms with E-state index < -0.39 is 0 Å². The number of oxime groups is 1. The quantitative estimate of drug-likeness (QED) is 0.465. The van der Waals surface area contributed by atoms with Crippen LogP contribution >= 0.6 is 23.2 Å². The van der Waals surface area contributed by atoms with Gasteiger partial charge >= 0.3 is 0 Å². The van der Waals surface area contributed by atoms with Crippen molar-refractivity contribution in [2.45, 2.75) is 0 Å². The van der Waals surface area contributed by atoms with Crippen LogP contribution in [0.25, 0.3) is 0 Å². The Bertz CT molecular complexity index is 658. The zero-order valence-electron chi connectivity index (χ0n) is 12.0. The van der Waals surface area contributed by atoms with Gasteiger partial charge in [-0.1, -0.05) is 52.6 Å². The summed E-state index contributed by atoms with van der Waals surface area (Å²) in [7, 11) is 0. The van der Waals surface area contributed by atoms with Crippen molar-refractivity contribution in [1.82, 2.24) is 0 Å². The Labute approximate surface area is 143 Å². The molecule has 7 heteroatoms. The maximum absolute atomic E-state index is 11.5. The highest BCUT2D eigenvalue weighted by atomic mass is 35.5. The van der Waals surface area contributed by atoms with Crippen molar-refractivity contribution >= 4 is 41.0 Å². The summed E-state index contributed by atoms with van der Waals surface area (Å²) in [5.41, 5.74) is 0.681. The molecule has 2 aromatic rings. The molecule has 1 amide bonds. The van der Waals surface area contributed by atoms with Crippen molar-refractivity contribution in [1.29, 1.82) is 0 Å². The predicted octanol–water partition coefficient (Wildman–Crippen LogP) is 4.01. The van der Waals surface area contributed by atoms with E-state index in [9.17, 15) is 4.79 Å². The van der Waals surface area contributed by atoms with Crippen LogP contribution in [0.3, 0.4) is 0 Å². The third-order valence-corrected chi connectivity index (χ3v) is 3.22. The van der Waals surface area contributed by atoms with E-state index >= 15 is 0 Å². The van der Waals surface area contributed by atoms with Crippen molar-refractivity contribution in [3.63, 3.8) is 0 Å². The normalized spacial score (nSPS) is 10.5. The molecular formula is C16H14Cl2N2O3. The van der Waals surface area contributed by atoms with Crippen molar-refractivity contribution in [2.75, 3.05) is 18.5 Å². The molecule has 0 aliphatic rings. The number of hydrogen-bond donors (Lipinski definition) is 1. The number of amides is 1. The Morgan fingerprint density at radius 1 is 1.04 bits per heavy atom. The average Bonchev–Trinajstić information content (AvgIpc) is 2.54. The van der Waals surface area contributed by atoms with E-state index in [0.29, 0.717) is 21.5 Å². The molecule has 0 fully saturated rings. The van der Waals surface area contributed by atoms with Gasteiger partial charge in [-0.15, -0.1) is 0 Å². The summed E-state index contributed by atoms with van der Waals surface area (Å²) in [4.78, 5) is 16.5. The molecule has 0 atom stereocenters. The number of halogens is 2.